The van der Waals surface area contributed by atoms with E-state index in [4.69, 9.17) is 0 Å². The first-order valence-electron chi connectivity index (χ1n) is 8.18. The van der Waals surface area contributed by atoms with Gasteiger partial charge in [-0.2, -0.15) is 0 Å². The van der Waals surface area contributed by atoms with Gasteiger partial charge in [0.2, 0.25) is 0 Å². The smallest absolute Gasteiger partial charge is 0.322 e. The summed E-state index contributed by atoms with van der Waals surface area (Å²) in [6.07, 6.45) is 0. The largest absolute Gasteiger partial charge is 0.365 e. The zero-order valence-corrected chi connectivity index (χ0v) is 14.0. The lowest BCUT2D eigenvalue weighted by atomic mass is 10.1. The molecule has 0 aliphatic carbocycles. The van der Waals surface area contributed by atoms with Gasteiger partial charge in [-0.05, 0) is 38.1 Å². The van der Waals surface area contributed by atoms with E-state index >= 15 is 0 Å². The van der Waals surface area contributed by atoms with E-state index in [9.17, 15) is 9.18 Å². The van der Waals surface area contributed by atoms with Gasteiger partial charge in [0.05, 0.1) is 5.69 Å². The number of piperazine rings is 1. The summed E-state index contributed by atoms with van der Waals surface area (Å²) in [6.45, 7) is 6.14. The standard InChI is InChI=1S/C19H22FN3O/c1-14-7-9-16(10-8-14)23-12-11-22(13-15(23)2)19(24)21-18-6-4-3-5-17(18)20/h3-10,15H,11-13H2,1-2H3,(H,21,24)/t15-/m1/s1. The van der Waals surface area contributed by atoms with Crippen molar-refractivity contribution in [1.29, 1.82) is 0 Å². The van der Waals surface area contributed by atoms with E-state index in [-0.39, 0.29) is 17.8 Å². The number of halogens is 1. The number of hydrogen-bond acceptors (Lipinski definition) is 2. The van der Waals surface area contributed by atoms with Gasteiger partial charge in [-0.15, -0.1) is 0 Å². The maximum atomic E-state index is 13.7. The number of carbonyl (C=O) groups excluding carboxylic acids is 1. The van der Waals surface area contributed by atoms with Gasteiger partial charge >= 0.3 is 6.03 Å². The Morgan fingerprint density at radius 3 is 2.50 bits per heavy atom. The Bertz CT molecular complexity index is 717. The van der Waals surface area contributed by atoms with Gasteiger partial charge in [0.25, 0.3) is 0 Å². The van der Waals surface area contributed by atoms with E-state index in [1.165, 1.54) is 17.3 Å². The number of benzene rings is 2. The summed E-state index contributed by atoms with van der Waals surface area (Å²) in [7, 11) is 0. The van der Waals surface area contributed by atoms with E-state index in [2.05, 4.69) is 48.3 Å². The Morgan fingerprint density at radius 2 is 1.83 bits per heavy atom. The summed E-state index contributed by atoms with van der Waals surface area (Å²) in [5.74, 6) is -0.419. The van der Waals surface area contributed by atoms with Crippen LogP contribution in [0.15, 0.2) is 48.5 Å². The van der Waals surface area contributed by atoms with Crippen molar-refractivity contribution in [3.63, 3.8) is 0 Å². The molecule has 2 amide bonds. The first kappa shape index (κ1) is 16.3. The van der Waals surface area contributed by atoms with Crippen LogP contribution in [0.4, 0.5) is 20.6 Å². The fraction of sp³-hybridized carbons (Fsp3) is 0.316. The lowest BCUT2D eigenvalue weighted by Gasteiger charge is -2.41. The zero-order valence-electron chi connectivity index (χ0n) is 14.0. The lowest BCUT2D eigenvalue weighted by Crippen LogP contribution is -2.54. The molecule has 1 aliphatic heterocycles. The average Bonchev–Trinajstić information content (AvgIpc) is 2.58. The summed E-state index contributed by atoms with van der Waals surface area (Å²) in [5.41, 5.74) is 2.62. The third kappa shape index (κ3) is 3.50. The number of aryl methyl sites for hydroxylation is 1. The Labute approximate surface area is 141 Å². The van der Waals surface area contributed by atoms with Crippen LogP contribution in [0.25, 0.3) is 0 Å². The fourth-order valence-electron chi connectivity index (χ4n) is 3.02. The molecule has 5 heteroatoms. The van der Waals surface area contributed by atoms with Crippen molar-refractivity contribution in [2.24, 2.45) is 0 Å². The molecule has 0 saturated carbocycles. The minimum absolute atomic E-state index is 0.202. The minimum atomic E-state index is -0.419. The molecule has 126 valence electrons. The molecule has 1 fully saturated rings. The molecule has 0 spiro atoms. The van der Waals surface area contributed by atoms with Gasteiger partial charge in [-0.3, -0.25) is 0 Å². The Hall–Kier alpha value is -2.56. The summed E-state index contributed by atoms with van der Waals surface area (Å²) < 4.78 is 13.7. The number of carbonyl (C=O) groups is 1. The topological polar surface area (TPSA) is 35.6 Å². The molecule has 4 nitrogen and oxygen atoms in total. The SMILES string of the molecule is Cc1ccc(N2CCN(C(=O)Nc3ccccc3F)C[C@H]2C)cc1. The van der Waals surface area contributed by atoms with Crippen molar-refractivity contribution < 1.29 is 9.18 Å². The number of nitrogens with one attached hydrogen (secondary N) is 1. The highest BCUT2D eigenvalue weighted by Crippen LogP contribution is 2.22. The Morgan fingerprint density at radius 1 is 1.12 bits per heavy atom. The normalized spacial score (nSPS) is 17.7. The summed E-state index contributed by atoms with van der Waals surface area (Å²) >= 11 is 0. The van der Waals surface area contributed by atoms with Gasteiger partial charge < -0.3 is 15.1 Å². The third-order valence-electron chi connectivity index (χ3n) is 4.40. The van der Waals surface area contributed by atoms with Crippen LogP contribution < -0.4 is 10.2 Å². The van der Waals surface area contributed by atoms with Crippen LogP contribution in [0.2, 0.25) is 0 Å². The second-order valence-corrected chi connectivity index (χ2v) is 6.23. The summed E-state index contributed by atoms with van der Waals surface area (Å²) in [5, 5.41) is 2.66. The number of para-hydroxylation sites is 1. The van der Waals surface area contributed by atoms with Gasteiger partial charge in [0, 0.05) is 31.4 Å². The van der Waals surface area contributed by atoms with Crippen LogP contribution in [0.5, 0.6) is 0 Å². The molecular weight excluding hydrogens is 305 g/mol. The van der Waals surface area contributed by atoms with E-state index in [0.29, 0.717) is 13.1 Å². The quantitative estimate of drug-likeness (QED) is 0.909. The number of nitrogens with zero attached hydrogens (tertiary/aromatic N) is 2. The van der Waals surface area contributed by atoms with Crippen LogP contribution >= 0.6 is 0 Å². The molecular formula is C19H22FN3O. The van der Waals surface area contributed by atoms with Crippen molar-refractivity contribution in [1.82, 2.24) is 4.90 Å². The second kappa shape index (κ2) is 6.91. The van der Waals surface area contributed by atoms with Crippen molar-refractivity contribution in [2.45, 2.75) is 19.9 Å². The van der Waals surface area contributed by atoms with Crippen LogP contribution in [0.3, 0.4) is 0 Å². The number of hydrogen-bond donors (Lipinski definition) is 1. The molecule has 0 unspecified atom stereocenters. The molecule has 0 aromatic heterocycles. The van der Waals surface area contributed by atoms with Gasteiger partial charge in [-0.25, -0.2) is 9.18 Å². The highest BCUT2D eigenvalue weighted by Gasteiger charge is 2.27. The van der Waals surface area contributed by atoms with Crippen LogP contribution in [0, 0.1) is 12.7 Å². The highest BCUT2D eigenvalue weighted by atomic mass is 19.1. The molecule has 2 aromatic rings. The molecule has 1 heterocycles. The van der Waals surface area contributed by atoms with E-state index in [0.717, 1.165) is 6.54 Å². The average molecular weight is 327 g/mol. The number of amides is 2. The second-order valence-electron chi connectivity index (χ2n) is 6.23. The molecule has 2 aromatic carbocycles. The summed E-state index contributed by atoms with van der Waals surface area (Å²) in [4.78, 5) is 16.4. The van der Waals surface area contributed by atoms with Crippen molar-refractivity contribution in [3.8, 4) is 0 Å². The van der Waals surface area contributed by atoms with E-state index in [1.807, 2.05) is 0 Å². The minimum Gasteiger partial charge on any atom is -0.365 e. The molecule has 1 atom stereocenters. The van der Waals surface area contributed by atoms with E-state index < -0.39 is 5.82 Å². The van der Waals surface area contributed by atoms with Crippen molar-refractivity contribution in [3.05, 3.63) is 59.9 Å². The maximum Gasteiger partial charge on any atom is 0.322 e. The number of urea groups is 1. The van der Waals surface area contributed by atoms with Crippen molar-refractivity contribution in [2.75, 3.05) is 29.9 Å². The first-order valence-corrected chi connectivity index (χ1v) is 8.18. The van der Waals surface area contributed by atoms with Crippen LogP contribution in [-0.4, -0.2) is 36.6 Å². The highest BCUT2D eigenvalue weighted by molar-refractivity contribution is 5.89. The molecule has 0 radical (unpaired) electrons. The maximum absolute atomic E-state index is 13.7. The van der Waals surface area contributed by atoms with Crippen LogP contribution in [0.1, 0.15) is 12.5 Å². The predicted octanol–water partition coefficient (Wildman–Crippen LogP) is 3.88. The Balaban J connectivity index is 1.63. The Kier molecular flexibility index (Phi) is 4.69. The fourth-order valence-corrected chi connectivity index (χ4v) is 3.02. The molecule has 1 N–H and O–H groups in total. The monoisotopic (exact) mass is 327 g/mol. The first-order chi connectivity index (χ1) is 11.5. The van der Waals surface area contributed by atoms with Gasteiger partial charge in [0.15, 0.2) is 0 Å². The molecule has 1 saturated heterocycles. The van der Waals surface area contributed by atoms with Crippen molar-refractivity contribution >= 4 is 17.4 Å². The van der Waals surface area contributed by atoms with Gasteiger partial charge in [-0.1, -0.05) is 29.8 Å². The summed E-state index contributed by atoms with van der Waals surface area (Å²) in [6, 6.07) is 14.6. The lowest BCUT2D eigenvalue weighted by molar-refractivity contribution is 0.200. The predicted molar refractivity (Wildman–Crippen MR) is 95.0 cm³/mol. The molecule has 0 bridgehead atoms. The molecule has 3 rings (SSSR count). The number of rotatable bonds is 2. The molecule has 24 heavy (non-hydrogen) atoms. The third-order valence-corrected chi connectivity index (χ3v) is 4.40. The van der Waals surface area contributed by atoms with Gasteiger partial charge in [0.1, 0.15) is 5.82 Å². The molecule has 1 aliphatic rings. The van der Waals surface area contributed by atoms with Crippen LogP contribution in [-0.2, 0) is 0 Å². The zero-order chi connectivity index (χ0) is 17.1. The number of anilines is 2. The van der Waals surface area contributed by atoms with E-state index in [1.54, 1.807) is 23.1 Å².